The summed E-state index contributed by atoms with van der Waals surface area (Å²) in [7, 11) is 0. The molecular weight excluding hydrogens is 344 g/mol. The third-order valence-corrected chi connectivity index (χ3v) is 5.10. The van der Waals surface area contributed by atoms with Crippen LogP contribution in [-0.2, 0) is 6.42 Å². The molecule has 0 amide bonds. The van der Waals surface area contributed by atoms with Gasteiger partial charge in [-0.1, -0.05) is 45.8 Å². The van der Waals surface area contributed by atoms with Crippen molar-refractivity contribution in [3.63, 3.8) is 0 Å². The molecule has 0 spiro atoms. The van der Waals surface area contributed by atoms with Crippen LogP contribution < -0.4 is 11.3 Å². The number of hydrogen-bond donors (Lipinski definition) is 2. The van der Waals surface area contributed by atoms with Crippen LogP contribution in [0.1, 0.15) is 16.7 Å². The highest BCUT2D eigenvalue weighted by molar-refractivity contribution is 9.10. The van der Waals surface area contributed by atoms with Crippen molar-refractivity contribution in [2.24, 2.45) is 5.84 Å². The van der Waals surface area contributed by atoms with Crippen molar-refractivity contribution in [3.8, 4) is 0 Å². The van der Waals surface area contributed by atoms with Crippen LogP contribution in [0.5, 0.6) is 0 Å². The molecule has 0 saturated carbocycles. The highest BCUT2D eigenvalue weighted by atomic mass is 79.9. The number of benzene rings is 2. The monoisotopic (exact) mass is 364 g/mol. The Balaban J connectivity index is 1.98. The van der Waals surface area contributed by atoms with Gasteiger partial charge in [-0.2, -0.15) is 0 Å². The van der Waals surface area contributed by atoms with E-state index in [1.54, 1.807) is 0 Å². The maximum Gasteiger partial charge on any atom is 0.0345 e. The summed E-state index contributed by atoms with van der Waals surface area (Å²) in [6.07, 6.45) is 0.949. The molecule has 0 bridgehead atoms. The normalized spacial score (nSPS) is 12.4. The van der Waals surface area contributed by atoms with Crippen LogP contribution in [0.2, 0.25) is 0 Å². The number of thioether (sulfide) groups is 1. The summed E-state index contributed by atoms with van der Waals surface area (Å²) in [6, 6.07) is 15.2. The van der Waals surface area contributed by atoms with Crippen molar-refractivity contribution in [3.05, 3.63) is 63.6 Å². The number of rotatable bonds is 6. The van der Waals surface area contributed by atoms with Gasteiger partial charge in [0.1, 0.15) is 0 Å². The van der Waals surface area contributed by atoms with E-state index in [4.69, 9.17) is 5.84 Å². The van der Waals surface area contributed by atoms with Gasteiger partial charge in [-0.25, -0.2) is 0 Å². The largest absolute Gasteiger partial charge is 0.271 e. The average molecular weight is 365 g/mol. The fourth-order valence-electron chi connectivity index (χ4n) is 2.21. The number of halogens is 1. The van der Waals surface area contributed by atoms with E-state index in [1.165, 1.54) is 21.6 Å². The quantitative estimate of drug-likeness (QED) is 0.457. The van der Waals surface area contributed by atoms with E-state index in [0.717, 1.165) is 16.6 Å². The summed E-state index contributed by atoms with van der Waals surface area (Å²) >= 11 is 5.33. The van der Waals surface area contributed by atoms with Gasteiger partial charge < -0.3 is 0 Å². The predicted octanol–water partition coefficient (Wildman–Crippen LogP) is 4.23. The molecule has 0 aliphatic carbocycles. The second kappa shape index (κ2) is 7.99. The molecule has 0 radical (unpaired) electrons. The second-order valence-electron chi connectivity index (χ2n) is 5.27. The molecule has 0 aliphatic heterocycles. The summed E-state index contributed by atoms with van der Waals surface area (Å²) in [6.45, 7) is 4.29. The third-order valence-electron chi connectivity index (χ3n) is 3.45. The van der Waals surface area contributed by atoms with E-state index in [1.807, 2.05) is 17.8 Å². The first-order valence-corrected chi connectivity index (χ1v) is 8.77. The van der Waals surface area contributed by atoms with Gasteiger partial charge in [-0.15, -0.1) is 11.8 Å². The zero-order chi connectivity index (χ0) is 15.2. The molecule has 2 aromatic rings. The molecule has 3 N–H and O–H groups in total. The molecule has 2 nitrogen and oxygen atoms in total. The van der Waals surface area contributed by atoms with E-state index >= 15 is 0 Å². The fraction of sp³-hybridized carbons (Fsp3) is 0.294. The lowest BCUT2D eigenvalue weighted by Crippen LogP contribution is -2.38. The number of nitrogens with one attached hydrogen (secondary N) is 1. The predicted molar refractivity (Wildman–Crippen MR) is 95.6 cm³/mol. The molecule has 2 rings (SSSR count). The molecule has 1 unspecified atom stereocenters. The van der Waals surface area contributed by atoms with Crippen LogP contribution in [0.4, 0.5) is 0 Å². The zero-order valence-electron chi connectivity index (χ0n) is 12.4. The lowest BCUT2D eigenvalue weighted by atomic mass is 10.00. The van der Waals surface area contributed by atoms with Gasteiger partial charge >= 0.3 is 0 Å². The zero-order valence-corrected chi connectivity index (χ0v) is 14.8. The molecule has 1 atom stereocenters. The molecule has 0 fully saturated rings. The summed E-state index contributed by atoms with van der Waals surface area (Å²) in [5.41, 5.74) is 6.94. The summed E-state index contributed by atoms with van der Waals surface area (Å²) in [5, 5.41) is 0. The van der Waals surface area contributed by atoms with Gasteiger partial charge in [0.05, 0.1) is 0 Å². The van der Waals surface area contributed by atoms with Crippen LogP contribution in [-0.4, -0.2) is 11.8 Å². The molecule has 0 aliphatic rings. The Morgan fingerprint density at radius 2 is 2.00 bits per heavy atom. The molecular formula is C17H21BrN2S. The van der Waals surface area contributed by atoms with Gasteiger partial charge in [0.25, 0.3) is 0 Å². The van der Waals surface area contributed by atoms with E-state index in [2.05, 4.69) is 71.6 Å². The van der Waals surface area contributed by atoms with Crippen molar-refractivity contribution in [1.29, 1.82) is 0 Å². The Kier molecular flexibility index (Phi) is 6.30. The lowest BCUT2D eigenvalue weighted by Gasteiger charge is -2.17. The van der Waals surface area contributed by atoms with E-state index in [9.17, 15) is 0 Å². The van der Waals surface area contributed by atoms with E-state index < -0.39 is 0 Å². The van der Waals surface area contributed by atoms with Crippen LogP contribution in [0.15, 0.2) is 51.8 Å². The minimum Gasteiger partial charge on any atom is -0.271 e. The van der Waals surface area contributed by atoms with Crippen LogP contribution in [0.3, 0.4) is 0 Å². The van der Waals surface area contributed by atoms with Crippen molar-refractivity contribution in [1.82, 2.24) is 5.43 Å². The van der Waals surface area contributed by atoms with Crippen molar-refractivity contribution >= 4 is 27.7 Å². The molecule has 0 saturated heterocycles. The Morgan fingerprint density at radius 1 is 1.19 bits per heavy atom. The molecule has 21 heavy (non-hydrogen) atoms. The van der Waals surface area contributed by atoms with Crippen LogP contribution in [0, 0.1) is 13.8 Å². The minimum absolute atomic E-state index is 0.259. The van der Waals surface area contributed by atoms with Crippen molar-refractivity contribution in [2.45, 2.75) is 31.2 Å². The maximum absolute atomic E-state index is 5.73. The van der Waals surface area contributed by atoms with Crippen LogP contribution >= 0.6 is 27.7 Å². The number of nitrogens with two attached hydrogens (primary N) is 1. The number of aryl methyl sites for hydroxylation is 2. The standard InChI is InChI=1S/C17H21BrN2S/c1-12-6-7-13(2)14(8-12)9-16(20-19)11-21-17-5-3-4-15(18)10-17/h3-8,10,16,20H,9,11,19H2,1-2H3. The van der Waals surface area contributed by atoms with E-state index in [-0.39, 0.29) is 6.04 Å². The van der Waals surface area contributed by atoms with Crippen LogP contribution in [0.25, 0.3) is 0 Å². The van der Waals surface area contributed by atoms with E-state index in [0.29, 0.717) is 0 Å². The molecule has 2 aromatic carbocycles. The average Bonchev–Trinajstić information content (AvgIpc) is 2.47. The first kappa shape index (κ1) is 16.6. The van der Waals surface area contributed by atoms with Gasteiger partial charge in [0, 0.05) is 21.2 Å². The minimum atomic E-state index is 0.259. The van der Waals surface area contributed by atoms with Crippen molar-refractivity contribution in [2.75, 3.05) is 5.75 Å². The fourth-order valence-corrected chi connectivity index (χ4v) is 3.75. The summed E-state index contributed by atoms with van der Waals surface area (Å²) < 4.78 is 1.11. The number of hydrogen-bond acceptors (Lipinski definition) is 3. The highest BCUT2D eigenvalue weighted by Crippen LogP contribution is 2.23. The molecule has 112 valence electrons. The Labute approximate surface area is 139 Å². The molecule has 0 aromatic heterocycles. The number of hydrazine groups is 1. The lowest BCUT2D eigenvalue weighted by molar-refractivity contribution is 0.574. The third kappa shape index (κ3) is 5.15. The summed E-state index contributed by atoms with van der Waals surface area (Å²) in [5.74, 6) is 6.67. The van der Waals surface area contributed by atoms with Gasteiger partial charge in [-0.05, 0) is 49.6 Å². The van der Waals surface area contributed by atoms with Gasteiger partial charge in [0.15, 0.2) is 0 Å². The van der Waals surface area contributed by atoms with Crippen molar-refractivity contribution < 1.29 is 0 Å². The molecule has 0 heterocycles. The second-order valence-corrected chi connectivity index (χ2v) is 7.28. The maximum atomic E-state index is 5.73. The highest BCUT2D eigenvalue weighted by Gasteiger charge is 2.10. The van der Waals surface area contributed by atoms with Gasteiger partial charge in [-0.3, -0.25) is 11.3 Å². The van der Waals surface area contributed by atoms with Gasteiger partial charge in [0.2, 0.25) is 0 Å². The summed E-state index contributed by atoms with van der Waals surface area (Å²) in [4.78, 5) is 1.26. The molecule has 4 heteroatoms. The first-order valence-electron chi connectivity index (χ1n) is 6.99. The topological polar surface area (TPSA) is 38.0 Å². The first-order chi connectivity index (χ1) is 10.1. The Bertz CT molecular complexity index is 601. The SMILES string of the molecule is Cc1ccc(C)c(CC(CSc2cccc(Br)c2)NN)c1. The Hall–Kier alpha value is -0.810. The Morgan fingerprint density at radius 3 is 2.71 bits per heavy atom. The smallest absolute Gasteiger partial charge is 0.0345 e.